The van der Waals surface area contributed by atoms with Crippen LogP contribution in [0.1, 0.15) is 27.6 Å². The highest BCUT2D eigenvalue weighted by Crippen LogP contribution is 2.39. The van der Waals surface area contributed by atoms with Crippen LogP contribution in [0.15, 0.2) is 24.3 Å². The molecule has 0 unspecified atom stereocenters. The van der Waals surface area contributed by atoms with Gasteiger partial charge in [-0.25, -0.2) is 9.59 Å². The van der Waals surface area contributed by atoms with Gasteiger partial charge < -0.3 is 20.1 Å². The van der Waals surface area contributed by atoms with E-state index in [1.807, 2.05) is 0 Å². The van der Waals surface area contributed by atoms with Crippen molar-refractivity contribution in [3.05, 3.63) is 35.4 Å². The molecule has 2 rings (SSSR count). The Morgan fingerprint density at radius 1 is 1.05 bits per heavy atom. The number of benzene rings is 2. The summed E-state index contributed by atoms with van der Waals surface area (Å²) < 4.78 is 4.73. The second-order valence-corrected chi connectivity index (χ2v) is 4.02. The first-order valence-electron chi connectivity index (χ1n) is 5.86. The Balaban J connectivity index is 2.90. The molecule has 104 valence electrons. The summed E-state index contributed by atoms with van der Waals surface area (Å²) in [6, 6.07) is 6.10. The number of esters is 1. The van der Waals surface area contributed by atoms with E-state index in [2.05, 4.69) is 0 Å². The van der Waals surface area contributed by atoms with E-state index in [1.165, 1.54) is 12.1 Å². The van der Waals surface area contributed by atoms with Crippen LogP contribution in [0, 0.1) is 0 Å². The van der Waals surface area contributed by atoms with E-state index >= 15 is 0 Å². The van der Waals surface area contributed by atoms with Crippen molar-refractivity contribution in [2.75, 3.05) is 6.61 Å². The average molecular weight is 276 g/mol. The Labute approximate surface area is 113 Å². The van der Waals surface area contributed by atoms with Gasteiger partial charge in [0.15, 0.2) is 0 Å². The number of carboxylic acids is 1. The lowest BCUT2D eigenvalue weighted by molar-refractivity contribution is 0.0510. The van der Waals surface area contributed by atoms with Crippen molar-refractivity contribution in [1.29, 1.82) is 0 Å². The summed E-state index contributed by atoms with van der Waals surface area (Å²) in [4.78, 5) is 23.1. The van der Waals surface area contributed by atoms with Gasteiger partial charge in [-0.2, -0.15) is 0 Å². The summed E-state index contributed by atoms with van der Waals surface area (Å²) in [5.74, 6) is -3.61. The van der Waals surface area contributed by atoms with Crippen LogP contribution in [-0.4, -0.2) is 33.9 Å². The van der Waals surface area contributed by atoms with Gasteiger partial charge in [-0.15, -0.1) is 0 Å². The van der Waals surface area contributed by atoms with Crippen LogP contribution in [0.25, 0.3) is 10.8 Å². The zero-order valence-electron chi connectivity index (χ0n) is 10.6. The number of phenols is 2. The normalized spacial score (nSPS) is 10.4. The summed E-state index contributed by atoms with van der Waals surface area (Å²) in [5.41, 5.74) is -1.21. The minimum Gasteiger partial charge on any atom is -0.506 e. The second-order valence-electron chi connectivity index (χ2n) is 4.02. The van der Waals surface area contributed by atoms with Gasteiger partial charge in [-0.05, 0) is 6.92 Å². The molecule has 0 aromatic heterocycles. The molecule has 0 aliphatic carbocycles. The molecule has 0 amide bonds. The topological polar surface area (TPSA) is 104 Å². The molecule has 0 atom stereocenters. The number of aromatic carboxylic acids is 1. The maximum atomic E-state index is 11.8. The molecule has 0 saturated heterocycles. The van der Waals surface area contributed by atoms with Crippen molar-refractivity contribution in [3.63, 3.8) is 0 Å². The minimum atomic E-state index is -1.52. The molecule has 0 spiro atoms. The Kier molecular flexibility index (Phi) is 3.47. The third-order valence-electron chi connectivity index (χ3n) is 2.85. The van der Waals surface area contributed by atoms with Crippen LogP contribution in [0.5, 0.6) is 11.5 Å². The summed E-state index contributed by atoms with van der Waals surface area (Å²) in [5, 5.41) is 29.7. The predicted octanol–water partition coefficient (Wildman–Crippen LogP) is 2.13. The summed E-state index contributed by atoms with van der Waals surface area (Å²) >= 11 is 0. The fourth-order valence-electron chi connectivity index (χ4n) is 2.01. The number of phenolic OH excluding ortho intramolecular Hbond substituents is 1. The van der Waals surface area contributed by atoms with Crippen molar-refractivity contribution >= 4 is 22.7 Å². The zero-order valence-corrected chi connectivity index (χ0v) is 10.6. The lowest BCUT2D eigenvalue weighted by Crippen LogP contribution is -2.12. The zero-order chi connectivity index (χ0) is 14.9. The molecule has 6 heteroatoms. The average Bonchev–Trinajstić information content (AvgIpc) is 2.42. The lowest BCUT2D eigenvalue weighted by atomic mass is 9.97. The number of carbonyl (C=O) groups excluding carboxylic acids is 1. The van der Waals surface area contributed by atoms with Gasteiger partial charge in [0.05, 0.1) is 6.61 Å². The van der Waals surface area contributed by atoms with E-state index in [1.54, 1.807) is 19.1 Å². The van der Waals surface area contributed by atoms with Crippen LogP contribution in [0.3, 0.4) is 0 Å². The molecule has 2 aromatic carbocycles. The molecule has 20 heavy (non-hydrogen) atoms. The Hall–Kier alpha value is -2.76. The largest absolute Gasteiger partial charge is 0.506 e. The van der Waals surface area contributed by atoms with Crippen molar-refractivity contribution < 1.29 is 29.6 Å². The lowest BCUT2D eigenvalue weighted by Gasteiger charge is -2.13. The highest BCUT2D eigenvalue weighted by molar-refractivity contribution is 6.13. The molecule has 0 heterocycles. The number of aromatic hydroxyl groups is 2. The highest BCUT2D eigenvalue weighted by Gasteiger charge is 2.28. The van der Waals surface area contributed by atoms with Crippen molar-refractivity contribution in [2.24, 2.45) is 0 Å². The molecule has 0 fully saturated rings. The maximum Gasteiger partial charge on any atom is 0.342 e. The molecule has 0 radical (unpaired) electrons. The van der Waals surface area contributed by atoms with Crippen molar-refractivity contribution in [1.82, 2.24) is 0 Å². The first kappa shape index (κ1) is 13.7. The van der Waals surface area contributed by atoms with E-state index in [0.717, 1.165) is 0 Å². The molecule has 2 aromatic rings. The fraction of sp³-hybridized carbons (Fsp3) is 0.143. The molecule has 0 saturated carbocycles. The fourth-order valence-corrected chi connectivity index (χ4v) is 2.01. The van der Waals surface area contributed by atoms with Gasteiger partial charge in [0, 0.05) is 10.8 Å². The van der Waals surface area contributed by atoms with Crippen LogP contribution in [0.2, 0.25) is 0 Å². The number of carbonyl (C=O) groups is 2. The van der Waals surface area contributed by atoms with E-state index in [9.17, 15) is 19.8 Å². The number of fused-ring (bicyclic) bond motifs is 1. The Morgan fingerprint density at radius 3 is 2.00 bits per heavy atom. The second kappa shape index (κ2) is 5.08. The third-order valence-corrected chi connectivity index (χ3v) is 2.85. The van der Waals surface area contributed by atoms with Gasteiger partial charge in [0.25, 0.3) is 0 Å². The summed E-state index contributed by atoms with van der Waals surface area (Å²) in [6.07, 6.45) is 0. The minimum absolute atomic E-state index is 0.0188. The van der Waals surface area contributed by atoms with Gasteiger partial charge in [0.2, 0.25) is 0 Å². The first-order chi connectivity index (χ1) is 9.49. The smallest absolute Gasteiger partial charge is 0.342 e. The molecular formula is C14H12O6. The van der Waals surface area contributed by atoms with Crippen LogP contribution < -0.4 is 0 Å². The Bertz CT molecular complexity index is 704. The monoisotopic (exact) mass is 276 g/mol. The molecule has 6 nitrogen and oxygen atoms in total. The van der Waals surface area contributed by atoms with Gasteiger partial charge in [-0.3, -0.25) is 0 Å². The van der Waals surface area contributed by atoms with Gasteiger partial charge >= 0.3 is 11.9 Å². The van der Waals surface area contributed by atoms with Crippen LogP contribution in [-0.2, 0) is 4.74 Å². The van der Waals surface area contributed by atoms with Crippen LogP contribution in [0.4, 0.5) is 0 Å². The van der Waals surface area contributed by atoms with Crippen molar-refractivity contribution in [2.45, 2.75) is 6.92 Å². The third kappa shape index (κ3) is 2.01. The number of ether oxygens (including phenoxy) is 1. The molecule has 3 N–H and O–H groups in total. The highest BCUT2D eigenvalue weighted by atomic mass is 16.5. The van der Waals surface area contributed by atoms with E-state index in [-0.39, 0.29) is 17.4 Å². The van der Waals surface area contributed by atoms with E-state index in [4.69, 9.17) is 9.84 Å². The maximum absolute atomic E-state index is 11.8. The van der Waals surface area contributed by atoms with Gasteiger partial charge in [-0.1, -0.05) is 24.3 Å². The summed E-state index contributed by atoms with van der Waals surface area (Å²) in [6.45, 7) is 1.57. The predicted molar refractivity (Wildman–Crippen MR) is 70.2 cm³/mol. The number of carboxylic acid groups (broad SMARTS) is 1. The van der Waals surface area contributed by atoms with Gasteiger partial charge in [0.1, 0.15) is 22.6 Å². The number of hydrogen-bond acceptors (Lipinski definition) is 5. The number of hydrogen-bond donors (Lipinski definition) is 3. The molecule has 0 aliphatic rings. The van der Waals surface area contributed by atoms with Crippen LogP contribution >= 0.6 is 0 Å². The number of rotatable bonds is 3. The molecular weight excluding hydrogens is 264 g/mol. The van der Waals surface area contributed by atoms with Crippen molar-refractivity contribution in [3.8, 4) is 11.5 Å². The van der Waals surface area contributed by atoms with E-state index < -0.39 is 34.6 Å². The quantitative estimate of drug-likeness (QED) is 0.586. The SMILES string of the molecule is CCOC(=O)c1c(C(=O)O)c(O)c2ccccc2c1O. The summed E-state index contributed by atoms with van der Waals surface area (Å²) in [7, 11) is 0. The molecule has 0 aliphatic heterocycles. The van der Waals surface area contributed by atoms with E-state index in [0.29, 0.717) is 0 Å². The Morgan fingerprint density at radius 2 is 1.55 bits per heavy atom. The standard InChI is InChI=1S/C14H12O6/c1-2-20-14(19)10-9(13(17)18)11(15)7-5-3-4-6-8(7)12(10)16/h3-6,15-16H,2H2,1H3,(H,17,18). The molecule has 0 bridgehead atoms. The first-order valence-corrected chi connectivity index (χ1v) is 5.86.